The van der Waals surface area contributed by atoms with Crippen molar-refractivity contribution in [3.8, 4) is 28.7 Å². The third kappa shape index (κ3) is 1.53. The van der Waals surface area contributed by atoms with Gasteiger partial charge < -0.3 is 29.9 Å². The number of aromatic hydroxyl groups is 5. The molecule has 3 rings (SSSR count). The van der Waals surface area contributed by atoms with Gasteiger partial charge in [-0.1, -0.05) is 15.9 Å². The molecule has 0 amide bonds. The molecule has 0 saturated heterocycles. The zero-order valence-electron chi connectivity index (χ0n) is 11.0. The van der Waals surface area contributed by atoms with E-state index in [1.165, 1.54) is 6.92 Å². The zero-order chi connectivity index (χ0) is 15.6. The van der Waals surface area contributed by atoms with Crippen molar-refractivity contribution in [1.82, 2.24) is 0 Å². The highest BCUT2D eigenvalue weighted by molar-refractivity contribution is 9.10. The summed E-state index contributed by atoms with van der Waals surface area (Å²) >= 11 is 3.26. The van der Waals surface area contributed by atoms with Crippen LogP contribution in [-0.4, -0.2) is 33.4 Å². The first-order valence-electron chi connectivity index (χ1n) is 5.97. The van der Waals surface area contributed by atoms with E-state index in [1.807, 2.05) is 0 Å². The number of hydrogen-bond acceptors (Lipinski definition) is 6. The summed E-state index contributed by atoms with van der Waals surface area (Å²) in [5, 5.41) is 50.2. The van der Waals surface area contributed by atoms with Gasteiger partial charge in [0.1, 0.15) is 7.85 Å². The third-order valence-corrected chi connectivity index (χ3v) is 4.63. The maximum absolute atomic E-state index is 10.1. The smallest absolute Gasteiger partial charge is 0.201 e. The summed E-state index contributed by atoms with van der Waals surface area (Å²) in [6.45, 7) is 1.41. The summed E-state index contributed by atoms with van der Waals surface area (Å²) in [7, 11) is 1.56. The van der Waals surface area contributed by atoms with Gasteiger partial charge in [-0.25, -0.2) is 0 Å². The second kappa shape index (κ2) is 4.14. The second-order valence-corrected chi connectivity index (χ2v) is 5.61. The van der Waals surface area contributed by atoms with Gasteiger partial charge in [-0.05, 0) is 12.4 Å². The zero-order valence-corrected chi connectivity index (χ0v) is 12.6. The molecular formula is C13H10BBrO6. The van der Waals surface area contributed by atoms with E-state index in [4.69, 9.17) is 4.42 Å². The molecule has 1 aromatic heterocycles. The monoisotopic (exact) mass is 352 g/mol. The lowest BCUT2D eigenvalue weighted by atomic mass is 9.92. The summed E-state index contributed by atoms with van der Waals surface area (Å²) in [5.41, 5.74) is 0.201. The predicted octanol–water partition coefficient (Wildman–Crippen LogP) is 1.44. The molecule has 0 aliphatic heterocycles. The summed E-state index contributed by atoms with van der Waals surface area (Å²) in [6, 6.07) is 0. The van der Waals surface area contributed by atoms with Crippen LogP contribution in [0.2, 0.25) is 0 Å². The van der Waals surface area contributed by atoms with Gasteiger partial charge in [0.05, 0.1) is 10.8 Å². The van der Waals surface area contributed by atoms with Crippen LogP contribution >= 0.6 is 15.9 Å². The SMILES string of the molecule is Bc1c(O)c(O)c2oc3c(O)c(C)c(O)c(O)c3c2c1Br. The molecule has 1 heterocycles. The van der Waals surface area contributed by atoms with E-state index in [2.05, 4.69) is 15.9 Å². The Bertz CT molecular complexity index is 856. The molecule has 0 aliphatic carbocycles. The Morgan fingerprint density at radius 1 is 0.810 bits per heavy atom. The topological polar surface area (TPSA) is 114 Å². The summed E-state index contributed by atoms with van der Waals surface area (Å²) in [5.74, 6) is -2.16. The number of halogens is 1. The Labute approximate surface area is 127 Å². The van der Waals surface area contributed by atoms with E-state index in [9.17, 15) is 25.5 Å². The van der Waals surface area contributed by atoms with Crippen LogP contribution in [0.5, 0.6) is 28.7 Å². The molecule has 0 aliphatic rings. The third-order valence-electron chi connectivity index (χ3n) is 3.64. The molecular weight excluding hydrogens is 343 g/mol. The molecule has 2 aromatic carbocycles. The number of hydrogen-bond donors (Lipinski definition) is 5. The Morgan fingerprint density at radius 3 is 2.00 bits per heavy atom. The van der Waals surface area contributed by atoms with E-state index >= 15 is 0 Å². The van der Waals surface area contributed by atoms with Gasteiger partial charge >= 0.3 is 0 Å². The average molecular weight is 353 g/mol. The number of fused-ring (bicyclic) bond motifs is 3. The fraction of sp³-hybridized carbons (Fsp3) is 0.0769. The van der Waals surface area contributed by atoms with Crippen LogP contribution in [-0.2, 0) is 0 Å². The number of rotatable bonds is 0. The highest BCUT2D eigenvalue weighted by Crippen LogP contribution is 2.51. The average Bonchev–Trinajstić information content (AvgIpc) is 2.87. The number of furan rings is 1. The Morgan fingerprint density at radius 2 is 1.38 bits per heavy atom. The van der Waals surface area contributed by atoms with Crippen LogP contribution in [0.1, 0.15) is 5.56 Å². The first-order chi connectivity index (χ1) is 9.77. The molecule has 3 aromatic rings. The van der Waals surface area contributed by atoms with Gasteiger partial charge in [-0.3, -0.25) is 0 Å². The van der Waals surface area contributed by atoms with Gasteiger partial charge in [0, 0.05) is 10.0 Å². The Kier molecular flexibility index (Phi) is 2.71. The predicted molar refractivity (Wildman–Crippen MR) is 82.7 cm³/mol. The van der Waals surface area contributed by atoms with Crippen molar-refractivity contribution in [2.45, 2.75) is 6.92 Å². The molecule has 108 valence electrons. The van der Waals surface area contributed by atoms with Gasteiger partial charge in [0.15, 0.2) is 34.2 Å². The van der Waals surface area contributed by atoms with Gasteiger partial charge in [0.25, 0.3) is 0 Å². The molecule has 0 bridgehead atoms. The van der Waals surface area contributed by atoms with Gasteiger partial charge in [-0.2, -0.15) is 0 Å². The van der Waals surface area contributed by atoms with E-state index in [0.29, 0.717) is 9.94 Å². The molecule has 8 heteroatoms. The minimum absolute atomic E-state index is 0.0515. The van der Waals surface area contributed by atoms with Crippen LogP contribution in [0.15, 0.2) is 8.89 Å². The molecule has 5 N–H and O–H groups in total. The molecule has 21 heavy (non-hydrogen) atoms. The van der Waals surface area contributed by atoms with Gasteiger partial charge in [-0.15, -0.1) is 0 Å². The summed E-state index contributed by atoms with van der Waals surface area (Å²) in [6.07, 6.45) is 0. The number of benzene rings is 2. The molecule has 0 spiro atoms. The normalized spacial score (nSPS) is 11.5. The van der Waals surface area contributed by atoms with Crippen LogP contribution in [0, 0.1) is 6.92 Å². The number of phenolic OH excluding ortho intramolecular Hbond substituents is 5. The molecule has 0 atom stereocenters. The first kappa shape index (κ1) is 13.8. The van der Waals surface area contributed by atoms with Crippen LogP contribution in [0.25, 0.3) is 21.9 Å². The van der Waals surface area contributed by atoms with Gasteiger partial charge in [0.2, 0.25) is 5.75 Å². The molecule has 0 saturated carbocycles. The Balaban J connectivity index is 2.73. The minimum atomic E-state index is -0.502. The fourth-order valence-corrected chi connectivity index (χ4v) is 2.92. The minimum Gasteiger partial charge on any atom is -0.505 e. The second-order valence-electron chi connectivity index (χ2n) is 4.82. The van der Waals surface area contributed by atoms with E-state index in [1.54, 1.807) is 7.85 Å². The lowest BCUT2D eigenvalue weighted by molar-refractivity contribution is 0.394. The van der Waals surface area contributed by atoms with Crippen molar-refractivity contribution in [2.24, 2.45) is 0 Å². The van der Waals surface area contributed by atoms with Crippen molar-refractivity contribution in [3.63, 3.8) is 0 Å². The quantitative estimate of drug-likeness (QED) is 0.237. The maximum atomic E-state index is 10.1. The Hall–Kier alpha value is -2.22. The summed E-state index contributed by atoms with van der Waals surface area (Å²) in [4.78, 5) is 0. The van der Waals surface area contributed by atoms with Crippen molar-refractivity contribution in [3.05, 3.63) is 10.0 Å². The van der Waals surface area contributed by atoms with Crippen LogP contribution in [0.3, 0.4) is 0 Å². The highest BCUT2D eigenvalue weighted by atomic mass is 79.9. The lowest BCUT2D eigenvalue weighted by Crippen LogP contribution is -2.05. The maximum Gasteiger partial charge on any atom is 0.201 e. The standard InChI is InChI=1S/C13H10BBrO6/c1-2-7(16)9(18)4-3-6(15)5(14)10(19)11(20)12(3)21-13(4)8(2)17/h16-20H,14H2,1H3. The lowest BCUT2D eigenvalue weighted by Gasteiger charge is -2.07. The summed E-state index contributed by atoms with van der Waals surface area (Å²) < 4.78 is 5.77. The van der Waals surface area contributed by atoms with Crippen LogP contribution in [0.4, 0.5) is 0 Å². The number of phenols is 5. The van der Waals surface area contributed by atoms with Crippen molar-refractivity contribution < 1.29 is 29.9 Å². The van der Waals surface area contributed by atoms with Crippen molar-refractivity contribution in [2.75, 3.05) is 0 Å². The molecule has 0 unspecified atom stereocenters. The molecule has 6 nitrogen and oxygen atoms in total. The van der Waals surface area contributed by atoms with Crippen molar-refractivity contribution in [1.29, 1.82) is 0 Å². The molecule has 0 radical (unpaired) electrons. The fourth-order valence-electron chi connectivity index (χ4n) is 2.36. The van der Waals surface area contributed by atoms with Crippen molar-refractivity contribution >= 4 is 51.2 Å². The van der Waals surface area contributed by atoms with E-state index < -0.39 is 17.2 Å². The highest BCUT2D eigenvalue weighted by Gasteiger charge is 2.27. The first-order valence-corrected chi connectivity index (χ1v) is 6.76. The molecule has 0 fully saturated rings. The largest absolute Gasteiger partial charge is 0.505 e. The van der Waals surface area contributed by atoms with E-state index in [0.717, 1.165) is 0 Å². The van der Waals surface area contributed by atoms with E-state index in [-0.39, 0.29) is 39.0 Å². The van der Waals surface area contributed by atoms with Crippen LogP contribution < -0.4 is 5.46 Å².